The van der Waals surface area contributed by atoms with Gasteiger partial charge in [-0.2, -0.15) is 4.98 Å². The van der Waals surface area contributed by atoms with Crippen LogP contribution in [0.2, 0.25) is 0 Å². The molecule has 23 heavy (non-hydrogen) atoms. The van der Waals surface area contributed by atoms with E-state index in [0.717, 1.165) is 21.5 Å². The maximum atomic E-state index is 4.48. The van der Waals surface area contributed by atoms with Gasteiger partial charge in [-0.25, -0.2) is 4.98 Å². The van der Waals surface area contributed by atoms with E-state index in [2.05, 4.69) is 53.6 Å². The first-order valence-electron chi connectivity index (χ1n) is 7.20. The lowest BCUT2D eigenvalue weighted by molar-refractivity contribution is 1.08. The molecule has 0 bridgehead atoms. The minimum atomic E-state index is 0.572. The summed E-state index contributed by atoms with van der Waals surface area (Å²) >= 11 is 3.48. The van der Waals surface area contributed by atoms with Gasteiger partial charge in [-0.05, 0) is 29.8 Å². The summed E-state index contributed by atoms with van der Waals surface area (Å²) in [7, 11) is 1.81. The molecule has 2 heterocycles. The van der Waals surface area contributed by atoms with Crippen LogP contribution in [0.15, 0.2) is 59.3 Å². The first-order valence-corrected chi connectivity index (χ1v) is 7.99. The predicted molar refractivity (Wildman–Crippen MR) is 96.3 cm³/mol. The molecule has 0 fully saturated rings. The second kappa shape index (κ2) is 7.19. The molecule has 3 aromatic rings. The molecule has 0 radical (unpaired) electrons. The third kappa shape index (κ3) is 4.04. The molecule has 1 aromatic carbocycles. The standard InChI is InChI=1S/C17H16BrN5/c1-19-17-22-15(13-5-3-7-20-11-13)9-16(23-17)21-10-12-4-2-6-14(18)8-12/h2-9,11H,10H2,1H3,(H2,19,21,22,23). The van der Waals surface area contributed by atoms with Crippen molar-refractivity contribution in [1.82, 2.24) is 15.0 Å². The van der Waals surface area contributed by atoms with Crippen LogP contribution in [0, 0.1) is 0 Å². The lowest BCUT2D eigenvalue weighted by Gasteiger charge is -2.10. The molecule has 116 valence electrons. The van der Waals surface area contributed by atoms with E-state index in [1.165, 1.54) is 5.56 Å². The molecule has 0 atom stereocenters. The van der Waals surface area contributed by atoms with Gasteiger partial charge in [0.05, 0.1) is 5.69 Å². The van der Waals surface area contributed by atoms with Gasteiger partial charge in [0, 0.05) is 42.1 Å². The zero-order valence-corrected chi connectivity index (χ0v) is 14.2. The number of hydrogen-bond acceptors (Lipinski definition) is 5. The van der Waals surface area contributed by atoms with Crippen molar-refractivity contribution < 1.29 is 0 Å². The Kier molecular flexibility index (Phi) is 4.83. The van der Waals surface area contributed by atoms with Crippen molar-refractivity contribution in [3.63, 3.8) is 0 Å². The summed E-state index contributed by atoms with van der Waals surface area (Å²) in [5, 5.41) is 6.34. The number of anilines is 2. The van der Waals surface area contributed by atoms with Gasteiger partial charge in [0.2, 0.25) is 5.95 Å². The van der Waals surface area contributed by atoms with Gasteiger partial charge >= 0.3 is 0 Å². The van der Waals surface area contributed by atoms with E-state index in [9.17, 15) is 0 Å². The fraction of sp³-hybridized carbons (Fsp3) is 0.118. The summed E-state index contributed by atoms with van der Waals surface area (Å²) in [6.07, 6.45) is 3.54. The van der Waals surface area contributed by atoms with Crippen LogP contribution in [0.4, 0.5) is 11.8 Å². The van der Waals surface area contributed by atoms with Gasteiger partial charge in [0.15, 0.2) is 0 Å². The lowest BCUT2D eigenvalue weighted by atomic mass is 10.2. The zero-order valence-electron chi connectivity index (χ0n) is 12.6. The van der Waals surface area contributed by atoms with E-state index in [-0.39, 0.29) is 0 Å². The molecule has 0 saturated heterocycles. The Morgan fingerprint density at radius 3 is 2.74 bits per heavy atom. The largest absolute Gasteiger partial charge is 0.366 e. The molecule has 0 spiro atoms. The summed E-state index contributed by atoms with van der Waals surface area (Å²) in [5.41, 5.74) is 2.96. The molecule has 0 amide bonds. The first-order chi connectivity index (χ1) is 11.2. The second-order valence-corrected chi connectivity index (χ2v) is 5.85. The van der Waals surface area contributed by atoms with Gasteiger partial charge < -0.3 is 10.6 Å². The molecule has 0 aliphatic rings. The molecule has 0 aliphatic heterocycles. The number of halogens is 1. The molecule has 0 saturated carbocycles. The maximum Gasteiger partial charge on any atom is 0.224 e. The average Bonchev–Trinajstić information content (AvgIpc) is 2.60. The van der Waals surface area contributed by atoms with E-state index in [4.69, 9.17) is 0 Å². The Balaban J connectivity index is 1.84. The van der Waals surface area contributed by atoms with E-state index in [0.29, 0.717) is 12.5 Å². The quantitative estimate of drug-likeness (QED) is 0.712. The van der Waals surface area contributed by atoms with Crippen molar-refractivity contribution in [2.75, 3.05) is 17.7 Å². The van der Waals surface area contributed by atoms with Crippen molar-refractivity contribution >= 4 is 27.7 Å². The van der Waals surface area contributed by atoms with Crippen molar-refractivity contribution in [2.24, 2.45) is 0 Å². The third-order valence-corrected chi connectivity index (χ3v) is 3.76. The summed E-state index contributed by atoms with van der Waals surface area (Å²) in [5.74, 6) is 1.34. The smallest absolute Gasteiger partial charge is 0.224 e. The SMILES string of the molecule is CNc1nc(NCc2cccc(Br)c2)cc(-c2cccnc2)n1. The van der Waals surface area contributed by atoms with Crippen molar-refractivity contribution in [2.45, 2.75) is 6.54 Å². The molecule has 3 rings (SSSR count). The molecule has 0 unspecified atom stereocenters. The average molecular weight is 370 g/mol. The molecule has 2 N–H and O–H groups in total. The maximum absolute atomic E-state index is 4.48. The number of nitrogens with zero attached hydrogens (tertiary/aromatic N) is 3. The van der Waals surface area contributed by atoms with Crippen LogP contribution in [0.25, 0.3) is 11.3 Å². The molecule has 2 aromatic heterocycles. The summed E-state index contributed by atoms with van der Waals surface area (Å²) < 4.78 is 1.06. The van der Waals surface area contributed by atoms with Gasteiger partial charge in [-0.15, -0.1) is 0 Å². The van der Waals surface area contributed by atoms with Crippen LogP contribution in [-0.2, 0) is 6.54 Å². The second-order valence-electron chi connectivity index (χ2n) is 4.94. The van der Waals surface area contributed by atoms with Crippen LogP contribution in [0.5, 0.6) is 0 Å². The Morgan fingerprint density at radius 1 is 1.09 bits per heavy atom. The van der Waals surface area contributed by atoms with Crippen molar-refractivity contribution in [3.05, 3.63) is 64.9 Å². The summed E-state index contributed by atoms with van der Waals surface area (Å²) in [6.45, 7) is 0.687. The first kappa shape index (κ1) is 15.4. The Bertz CT molecular complexity index is 792. The van der Waals surface area contributed by atoms with Crippen molar-refractivity contribution in [1.29, 1.82) is 0 Å². The molecular formula is C17H16BrN5. The number of hydrogen-bond donors (Lipinski definition) is 2. The zero-order chi connectivity index (χ0) is 16.1. The van der Waals surface area contributed by atoms with Crippen LogP contribution >= 0.6 is 15.9 Å². The highest BCUT2D eigenvalue weighted by Gasteiger charge is 2.06. The van der Waals surface area contributed by atoms with E-state index in [1.54, 1.807) is 19.4 Å². The fourth-order valence-corrected chi connectivity index (χ4v) is 2.60. The normalized spacial score (nSPS) is 10.3. The minimum absolute atomic E-state index is 0.572. The highest BCUT2D eigenvalue weighted by atomic mass is 79.9. The van der Waals surface area contributed by atoms with Gasteiger partial charge in [-0.3, -0.25) is 4.98 Å². The molecular weight excluding hydrogens is 354 g/mol. The number of pyridine rings is 1. The lowest BCUT2D eigenvalue weighted by Crippen LogP contribution is -2.05. The van der Waals surface area contributed by atoms with E-state index < -0.39 is 0 Å². The molecule has 0 aliphatic carbocycles. The van der Waals surface area contributed by atoms with Crippen LogP contribution in [0.3, 0.4) is 0 Å². The van der Waals surface area contributed by atoms with Gasteiger partial charge in [0.1, 0.15) is 5.82 Å². The number of rotatable bonds is 5. The van der Waals surface area contributed by atoms with Crippen LogP contribution < -0.4 is 10.6 Å². The van der Waals surface area contributed by atoms with Gasteiger partial charge in [0.25, 0.3) is 0 Å². The summed E-state index contributed by atoms with van der Waals surface area (Å²) in [4.78, 5) is 13.1. The molecule has 5 nitrogen and oxygen atoms in total. The van der Waals surface area contributed by atoms with E-state index >= 15 is 0 Å². The Morgan fingerprint density at radius 2 is 2.00 bits per heavy atom. The number of aromatic nitrogens is 3. The number of benzene rings is 1. The Hall–Kier alpha value is -2.47. The van der Waals surface area contributed by atoms with Crippen molar-refractivity contribution in [3.8, 4) is 11.3 Å². The number of nitrogens with one attached hydrogen (secondary N) is 2. The summed E-state index contributed by atoms with van der Waals surface area (Å²) in [6, 6.07) is 14.0. The van der Waals surface area contributed by atoms with Gasteiger partial charge in [-0.1, -0.05) is 28.1 Å². The monoisotopic (exact) mass is 369 g/mol. The fourth-order valence-electron chi connectivity index (χ4n) is 2.15. The minimum Gasteiger partial charge on any atom is -0.366 e. The van der Waals surface area contributed by atoms with E-state index in [1.807, 2.05) is 30.3 Å². The topological polar surface area (TPSA) is 62.7 Å². The van der Waals surface area contributed by atoms with Crippen LogP contribution in [0.1, 0.15) is 5.56 Å². The van der Waals surface area contributed by atoms with Crippen LogP contribution in [-0.4, -0.2) is 22.0 Å². The highest BCUT2D eigenvalue weighted by molar-refractivity contribution is 9.10. The third-order valence-electron chi connectivity index (χ3n) is 3.27. The molecule has 6 heteroatoms. The predicted octanol–water partition coefficient (Wildman–Crippen LogP) is 3.95. The highest BCUT2D eigenvalue weighted by Crippen LogP contribution is 2.21. The Labute approximate surface area is 143 Å².